The first-order chi connectivity index (χ1) is 20.5. The van der Waals surface area contributed by atoms with Crippen molar-refractivity contribution in [1.82, 2.24) is 0 Å². The van der Waals surface area contributed by atoms with E-state index in [0.29, 0.717) is 12.8 Å². The maximum Gasteiger partial charge on any atom is 1.00 e. The monoisotopic (exact) mass is 668 g/mol. The zero-order valence-corrected chi connectivity index (χ0v) is 32.5. The number of phosphoric acid groups is 1. The van der Waals surface area contributed by atoms with Gasteiger partial charge in [-0.1, -0.05) is 72.8 Å². The summed E-state index contributed by atoms with van der Waals surface area (Å²) in [6.45, 7) is 0. The first kappa shape index (κ1) is 42.0. The second kappa shape index (κ2) is 19.7. The Bertz CT molecular complexity index is 1590. The number of aryl methyl sites for hydroxylation is 2. The molecule has 0 aliphatic carbocycles. The second-order valence-corrected chi connectivity index (χ2v) is 10.8. The quantitative estimate of drug-likeness (QED) is 0.0716. The van der Waals surface area contributed by atoms with Crippen LogP contribution >= 0.6 is 7.82 Å². The Balaban J connectivity index is 0.00000353. The maximum atomic E-state index is 12.7. The molecule has 220 valence electrons. The fourth-order valence-corrected chi connectivity index (χ4v) is 4.93. The smallest absolute Gasteiger partial charge is 0.736 e. The molecule has 46 heavy (non-hydrogen) atoms. The van der Waals surface area contributed by atoms with Gasteiger partial charge in [0.2, 0.25) is 0 Å². The first-order valence-electron chi connectivity index (χ1n) is 13.1. The van der Waals surface area contributed by atoms with Crippen molar-refractivity contribution in [2.45, 2.75) is 25.7 Å². The molecule has 0 aliphatic heterocycles. The molecule has 0 aromatic heterocycles. The Labute approximate surface area is 332 Å². The number of carbonyl (C=O) groups is 4. The molecule has 0 spiro atoms. The van der Waals surface area contributed by atoms with E-state index in [1.54, 1.807) is 24.3 Å². The molecule has 10 nitrogen and oxygen atoms in total. The molecule has 0 aliphatic rings. The topological polar surface area (TPSA) is 173 Å². The van der Waals surface area contributed by atoms with Crippen molar-refractivity contribution >= 4 is 31.3 Å². The van der Waals surface area contributed by atoms with Crippen molar-refractivity contribution in [2.75, 3.05) is 0 Å². The van der Waals surface area contributed by atoms with Gasteiger partial charge < -0.3 is 33.7 Å². The largest absolute Gasteiger partial charge is 1.00 e. The molecule has 4 rings (SSSR count). The zero-order valence-electron chi connectivity index (χ0n) is 25.6. The van der Waals surface area contributed by atoms with Gasteiger partial charge in [0.05, 0.1) is 11.9 Å². The fourth-order valence-electron chi connectivity index (χ4n) is 4.15. The van der Waals surface area contributed by atoms with Crippen LogP contribution in [-0.2, 0) is 17.4 Å². The average molecular weight is 668 g/mol. The number of carbonyl (C=O) groups excluding carboxylic acids is 4. The van der Waals surface area contributed by atoms with Gasteiger partial charge in [0.15, 0.2) is 11.6 Å². The molecule has 0 radical (unpaired) electrons. The van der Waals surface area contributed by atoms with Crippen molar-refractivity contribution in [3.63, 3.8) is 0 Å². The van der Waals surface area contributed by atoms with E-state index in [1.807, 2.05) is 0 Å². The molecule has 0 bridgehead atoms. The molecular weight excluding hydrogens is 644 g/mol. The van der Waals surface area contributed by atoms with Crippen LogP contribution in [0.25, 0.3) is 0 Å². The third kappa shape index (κ3) is 12.9. The van der Waals surface area contributed by atoms with Gasteiger partial charge in [-0.2, -0.15) is 0 Å². The van der Waals surface area contributed by atoms with E-state index in [4.69, 9.17) is 9.05 Å². The van der Waals surface area contributed by atoms with Gasteiger partial charge in [-0.25, -0.2) is 4.57 Å². The summed E-state index contributed by atoms with van der Waals surface area (Å²) >= 11 is 0. The van der Waals surface area contributed by atoms with E-state index in [9.17, 15) is 38.8 Å². The molecule has 4 aromatic carbocycles. The molecular formula is C32H24Na3O10P. The Morgan fingerprint density at radius 2 is 0.891 bits per heavy atom. The summed E-state index contributed by atoms with van der Waals surface area (Å²) in [5.41, 5.74) is 1.98. The number of benzene rings is 4. The van der Waals surface area contributed by atoms with Crippen LogP contribution in [0.15, 0.2) is 97.1 Å². The minimum absolute atomic E-state index is 0. The number of hydrogen-bond acceptors (Lipinski definition) is 10. The van der Waals surface area contributed by atoms with Gasteiger partial charge in [0.25, 0.3) is 0 Å². The van der Waals surface area contributed by atoms with Crippen LogP contribution in [0.2, 0.25) is 0 Å². The summed E-state index contributed by atoms with van der Waals surface area (Å²) in [5, 5.41) is 21.7. The number of aromatic carboxylic acids is 2. The number of hydrogen-bond donors (Lipinski definition) is 0. The van der Waals surface area contributed by atoms with Crippen molar-refractivity contribution in [2.24, 2.45) is 0 Å². The third-order valence-electron chi connectivity index (χ3n) is 6.41. The minimum atomic E-state index is -4.97. The predicted molar refractivity (Wildman–Crippen MR) is 149 cm³/mol. The first-order valence-corrected chi connectivity index (χ1v) is 14.5. The van der Waals surface area contributed by atoms with Gasteiger partial charge in [0, 0.05) is 24.0 Å². The molecule has 4 aromatic rings. The van der Waals surface area contributed by atoms with Gasteiger partial charge in [0.1, 0.15) is 11.5 Å². The summed E-state index contributed by atoms with van der Waals surface area (Å²) in [7, 11) is -4.97. The number of phosphoric ester groups is 1. The van der Waals surface area contributed by atoms with E-state index >= 15 is 0 Å². The Kier molecular flexibility index (Phi) is 18.0. The Morgan fingerprint density at radius 3 is 1.22 bits per heavy atom. The number of carboxylic acids is 2. The van der Waals surface area contributed by atoms with Crippen LogP contribution in [0.1, 0.15) is 65.4 Å². The summed E-state index contributed by atoms with van der Waals surface area (Å²) in [4.78, 5) is 59.8. The molecule has 0 fully saturated rings. The molecule has 0 N–H and O–H groups in total. The van der Waals surface area contributed by atoms with Crippen molar-refractivity contribution in [3.8, 4) is 11.5 Å². The number of rotatable bonds is 14. The normalized spacial score (nSPS) is 10.3. The van der Waals surface area contributed by atoms with E-state index in [2.05, 4.69) is 0 Å². The molecule has 0 unspecified atom stereocenters. The zero-order chi connectivity index (χ0) is 31.0. The van der Waals surface area contributed by atoms with Crippen molar-refractivity contribution in [3.05, 3.63) is 130 Å². The Morgan fingerprint density at radius 1 is 0.543 bits per heavy atom. The predicted octanol–water partition coefficient (Wildman–Crippen LogP) is -6.02. The maximum absolute atomic E-state index is 12.7. The molecule has 0 saturated carbocycles. The van der Waals surface area contributed by atoms with Crippen LogP contribution in [0, 0.1) is 0 Å². The van der Waals surface area contributed by atoms with Gasteiger partial charge in [-0.15, -0.1) is 0 Å². The third-order valence-corrected chi connectivity index (χ3v) is 7.28. The minimum Gasteiger partial charge on any atom is -0.736 e. The van der Waals surface area contributed by atoms with Crippen molar-refractivity contribution in [1.29, 1.82) is 0 Å². The standard InChI is InChI=1S/C32H27O10P.3Na/c33-29(17-11-21-7-13-23(14-8-21)31(35)36)25-3-1-5-27(19-25)41-43(39,40)42-28-6-2-4-26(20-28)30(34)18-12-22-9-15-24(16-10-22)32(37)38;;;/h1-10,13-16,19-20H,11-12,17-18H2,(H,35,36)(H,37,38)(H,39,40);;;/q;3*+1/p-3. The number of carboxylic acid groups (broad SMARTS) is 2. The van der Waals surface area contributed by atoms with Crippen LogP contribution in [0.4, 0.5) is 0 Å². The van der Waals surface area contributed by atoms with E-state index in [-0.39, 0.29) is 147 Å². The van der Waals surface area contributed by atoms with Crippen LogP contribution in [0.5, 0.6) is 11.5 Å². The molecule has 0 amide bonds. The molecule has 0 atom stereocenters. The summed E-state index contributed by atoms with van der Waals surface area (Å²) < 4.78 is 22.7. The fraction of sp³-hybridized carbons (Fsp3) is 0.125. The number of ketones is 2. The Hall–Kier alpha value is -2.05. The summed E-state index contributed by atoms with van der Waals surface area (Å²) in [6.07, 6.45) is 0.853. The van der Waals surface area contributed by atoms with Gasteiger partial charge in [-0.05, 0) is 59.4 Å². The van der Waals surface area contributed by atoms with E-state index in [0.717, 1.165) is 11.1 Å². The van der Waals surface area contributed by atoms with Gasteiger partial charge >= 0.3 is 96.5 Å². The number of Topliss-reactive ketones (excluding diaryl/α,β-unsaturated/α-hetero) is 2. The average Bonchev–Trinajstić information content (AvgIpc) is 2.98. The van der Waals surface area contributed by atoms with Crippen LogP contribution in [0.3, 0.4) is 0 Å². The SMILES string of the molecule is O=C([O-])c1ccc(CCC(=O)c2cccc(OP(=O)([O-])Oc3cccc(C(=O)CCc4ccc(C(=O)[O-])cc4)c3)c2)cc1.[Na+].[Na+].[Na+]. The van der Waals surface area contributed by atoms with Gasteiger partial charge in [-0.3, -0.25) is 9.59 Å². The van der Waals surface area contributed by atoms with E-state index < -0.39 is 19.8 Å². The van der Waals surface area contributed by atoms with Crippen LogP contribution < -0.4 is 113 Å². The summed E-state index contributed by atoms with van der Waals surface area (Å²) in [6, 6.07) is 23.1. The molecule has 0 heterocycles. The second-order valence-electron chi connectivity index (χ2n) is 9.50. The van der Waals surface area contributed by atoms with Crippen molar-refractivity contribution < 1.29 is 137 Å². The molecule has 0 saturated heterocycles. The summed E-state index contributed by atoms with van der Waals surface area (Å²) in [5.74, 6) is -3.43. The molecule has 14 heteroatoms. The van der Waals surface area contributed by atoms with Crippen LogP contribution in [-0.4, -0.2) is 23.5 Å². The van der Waals surface area contributed by atoms with E-state index in [1.165, 1.54) is 72.8 Å².